The van der Waals surface area contributed by atoms with Crippen LogP contribution >= 0.6 is 0 Å². The molecule has 144 valence electrons. The van der Waals surface area contributed by atoms with Crippen molar-refractivity contribution in [2.75, 3.05) is 0 Å². The molecule has 0 bridgehead atoms. The molecule has 0 aliphatic heterocycles. The number of rotatable bonds is 4. The third kappa shape index (κ3) is 3.00. The maximum atomic E-state index is 12.8. The monoisotopic (exact) mass is 379 g/mol. The maximum Gasteiger partial charge on any atom is 0.329 e. The number of nitrogens with zero attached hydrogens (tertiary/aromatic N) is 4. The van der Waals surface area contributed by atoms with E-state index in [2.05, 4.69) is 20.6 Å². The summed E-state index contributed by atoms with van der Waals surface area (Å²) in [6, 6.07) is 9.51. The van der Waals surface area contributed by atoms with Gasteiger partial charge in [0.15, 0.2) is 5.69 Å². The van der Waals surface area contributed by atoms with E-state index in [0.717, 1.165) is 30.2 Å². The largest absolute Gasteiger partial charge is 0.480 e. The van der Waals surface area contributed by atoms with E-state index in [9.17, 15) is 14.7 Å². The molecule has 2 N–H and O–H groups in total. The van der Waals surface area contributed by atoms with Crippen molar-refractivity contribution < 1.29 is 14.7 Å². The normalized spacial score (nSPS) is 16.0. The smallest absolute Gasteiger partial charge is 0.329 e. The van der Waals surface area contributed by atoms with Gasteiger partial charge in [0, 0.05) is 11.6 Å². The highest BCUT2D eigenvalue weighted by atomic mass is 16.4. The Kier molecular flexibility index (Phi) is 4.54. The first kappa shape index (κ1) is 18.1. The van der Waals surface area contributed by atoms with Crippen LogP contribution in [0, 0.1) is 6.92 Å². The second kappa shape index (κ2) is 7.03. The van der Waals surface area contributed by atoms with Crippen molar-refractivity contribution in [3.8, 4) is 5.69 Å². The zero-order valence-electron chi connectivity index (χ0n) is 15.6. The zero-order valence-corrected chi connectivity index (χ0v) is 15.6. The summed E-state index contributed by atoms with van der Waals surface area (Å²) in [5.74, 6) is -1.51. The van der Waals surface area contributed by atoms with E-state index >= 15 is 0 Å². The lowest BCUT2D eigenvalue weighted by Gasteiger charge is -2.33. The number of carbonyl (C=O) groups is 2. The van der Waals surface area contributed by atoms with Crippen molar-refractivity contribution in [3.63, 3.8) is 0 Å². The summed E-state index contributed by atoms with van der Waals surface area (Å²) in [5, 5.41) is 21.5. The molecular weight excluding hydrogens is 358 g/mol. The standard InChI is InChI=1S/C20H21N5O3/c1-13-16(18(26)22-20(19(27)28)10-3-2-4-11-20)23-24-25(13)15-9-5-7-14-8-6-12-21-17(14)15/h5-9,12H,2-4,10-11H2,1H3,(H,22,26)(H,27,28). The van der Waals surface area contributed by atoms with Gasteiger partial charge in [0.1, 0.15) is 5.54 Å². The Hall–Kier alpha value is -3.29. The lowest BCUT2D eigenvalue weighted by molar-refractivity contribution is -0.145. The summed E-state index contributed by atoms with van der Waals surface area (Å²) in [6.07, 6.45) is 5.09. The molecule has 4 rings (SSSR count). The molecule has 8 heteroatoms. The molecule has 1 aliphatic carbocycles. The Morgan fingerprint density at radius 2 is 1.89 bits per heavy atom. The van der Waals surface area contributed by atoms with Crippen molar-refractivity contribution in [2.45, 2.75) is 44.6 Å². The molecule has 1 aromatic carbocycles. The zero-order chi connectivity index (χ0) is 19.7. The fourth-order valence-corrected chi connectivity index (χ4v) is 3.85. The number of nitrogens with one attached hydrogen (secondary N) is 1. The van der Waals surface area contributed by atoms with Crippen molar-refractivity contribution in [3.05, 3.63) is 47.9 Å². The van der Waals surface area contributed by atoms with Gasteiger partial charge < -0.3 is 10.4 Å². The first-order valence-electron chi connectivity index (χ1n) is 9.34. The van der Waals surface area contributed by atoms with Gasteiger partial charge in [0.25, 0.3) is 5.91 Å². The molecule has 8 nitrogen and oxygen atoms in total. The quantitative estimate of drug-likeness (QED) is 0.721. The number of carbonyl (C=O) groups excluding carboxylic acids is 1. The number of benzene rings is 1. The van der Waals surface area contributed by atoms with Crippen LogP contribution < -0.4 is 5.32 Å². The van der Waals surface area contributed by atoms with E-state index in [0.29, 0.717) is 24.2 Å². The summed E-state index contributed by atoms with van der Waals surface area (Å²) in [6.45, 7) is 1.74. The first-order valence-corrected chi connectivity index (χ1v) is 9.34. The van der Waals surface area contributed by atoms with Gasteiger partial charge >= 0.3 is 5.97 Å². The number of para-hydroxylation sites is 1. The lowest BCUT2D eigenvalue weighted by Crippen LogP contribution is -2.55. The van der Waals surface area contributed by atoms with Crippen LogP contribution in [0.25, 0.3) is 16.6 Å². The van der Waals surface area contributed by atoms with Gasteiger partial charge in [0.05, 0.1) is 16.9 Å². The van der Waals surface area contributed by atoms with Crippen molar-refractivity contribution >= 4 is 22.8 Å². The summed E-state index contributed by atoms with van der Waals surface area (Å²) in [7, 11) is 0. The van der Waals surface area contributed by atoms with Gasteiger partial charge in [-0.1, -0.05) is 42.7 Å². The fraction of sp³-hybridized carbons (Fsp3) is 0.350. The predicted molar refractivity (Wildman–Crippen MR) is 102 cm³/mol. The van der Waals surface area contributed by atoms with Crippen LogP contribution in [-0.2, 0) is 4.79 Å². The average Bonchev–Trinajstić information content (AvgIpc) is 3.09. The van der Waals surface area contributed by atoms with Crippen molar-refractivity contribution in [2.24, 2.45) is 0 Å². The minimum absolute atomic E-state index is 0.124. The van der Waals surface area contributed by atoms with E-state index in [1.165, 1.54) is 0 Å². The van der Waals surface area contributed by atoms with Crippen molar-refractivity contribution in [1.82, 2.24) is 25.3 Å². The highest BCUT2D eigenvalue weighted by Crippen LogP contribution is 2.29. The predicted octanol–water partition coefficient (Wildman–Crippen LogP) is 2.64. The molecule has 0 radical (unpaired) electrons. The third-order valence-electron chi connectivity index (χ3n) is 5.42. The second-order valence-electron chi connectivity index (χ2n) is 7.19. The van der Waals surface area contributed by atoms with E-state index in [1.807, 2.05) is 30.3 Å². The number of hydrogen-bond acceptors (Lipinski definition) is 5. The van der Waals surface area contributed by atoms with Crippen LogP contribution in [0.5, 0.6) is 0 Å². The third-order valence-corrected chi connectivity index (χ3v) is 5.42. The summed E-state index contributed by atoms with van der Waals surface area (Å²) in [4.78, 5) is 29.1. The molecule has 1 aliphatic rings. The van der Waals surface area contributed by atoms with Gasteiger partial charge in [-0.05, 0) is 31.9 Å². The molecule has 2 heterocycles. The number of amides is 1. The Morgan fingerprint density at radius 1 is 1.14 bits per heavy atom. The SMILES string of the molecule is Cc1c(C(=O)NC2(C(=O)O)CCCCC2)nnn1-c1cccc2cccnc12. The van der Waals surface area contributed by atoms with Gasteiger partial charge in [-0.15, -0.1) is 5.10 Å². The molecular formula is C20H21N5O3. The van der Waals surface area contributed by atoms with Gasteiger partial charge in [-0.2, -0.15) is 0 Å². The van der Waals surface area contributed by atoms with Gasteiger partial charge in [0.2, 0.25) is 0 Å². The number of aliphatic carboxylic acids is 1. The molecule has 2 aromatic heterocycles. The second-order valence-corrected chi connectivity index (χ2v) is 7.19. The molecule has 3 aromatic rings. The Balaban J connectivity index is 1.68. The topological polar surface area (TPSA) is 110 Å². The van der Waals surface area contributed by atoms with Crippen molar-refractivity contribution in [1.29, 1.82) is 0 Å². The van der Waals surface area contributed by atoms with E-state index in [-0.39, 0.29) is 5.69 Å². The van der Waals surface area contributed by atoms with Crippen LogP contribution in [-0.4, -0.2) is 42.5 Å². The van der Waals surface area contributed by atoms with E-state index < -0.39 is 17.4 Å². The maximum absolute atomic E-state index is 12.8. The molecule has 28 heavy (non-hydrogen) atoms. The molecule has 0 spiro atoms. The molecule has 1 fully saturated rings. The number of carboxylic acids is 1. The molecule has 0 unspecified atom stereocenters. The summed E-state index contributed by atoms with van der Waals surface area (Å²) >= 11 is 0. The van der Waals surface area contributed by atoms with Crippen LogP contribution in [0.1, 0.15) is 48.3 Å². The van der Waals surface area contributed by atoms with E-state index in [1.54, 1.807) is 17.8 Å². The van der Waals surface area contributed by atoms with Crippen LogP contribution in [0.2, 0.25) is 0 Å². The van der Waals surface area contributed by atoms with Crippen LogP contribution in [0.15, 0.2) is 36.5 Å². The molecule has 1 saturated carbocycles. The van der Waals surface area contributed by atoms with Crippen LogP contribution in [0.4, 0.5) is 0 Å². The first-order chi connectivity index (χ1) is 13.5. The molecule has 0 atom stereocenters. The number of fused-ring (bicyclic) bond motifs is 1. The average molecular weight is 379 g/mol. The highest BCUT2D eigenvalue weighted by molar-refractivity contribution is 5.97. The summed E-state index contributed by atoms with van der Waals surface area (Å²) < 4.78 is 1.57. The Bertz CT molecular complexity index is 1050. The Labute approximate surface area is 161 Å². The minimum Gasteiger partial charge on any atom is -0.480 e. The summed E-state index contributed by atoms with van der Waals surface area (Å²) in [5.41, 5.74) is 0.894. The Morgan fingerprint density at radius 3 is 2.64 bits per heavy atom. The minimum atomic E-state index is -1.23. The van der Waals surface area contributed by atoms with Gasteiger partial charge in [-0.25, -0.2) is 9.48 Å². The van der Waals surface area contributed by atoms with Crippen LogP contribution in [0.3, 0.4) is 0 Å². The fourth-order valence-electron chi connectivity index (χ4n) is 3.85. The van der Waals surface area contributed by atoms with Gasteiger partial charge in [-0.3, -0.25) is 9.78 Å². The highest BCUT2D eigenvalue weighted by Gasteiger charge is 2.41. The molecule has 0 saturated heterocycles. The molecule has 1 amide bonds. The number of hydrogen-bond donors (Lipinski definition) is 2. The number of pyridine rings is 1. The van der Waals surface area contributed by atoms with E-state index in [4.69, 9.17) is 0 Å². The number of carboxylic acid groups (broad SMARTS) is 1. The lowest BCUT2D eigenvalue weighted by atomic mass is 9.81. The number of aromatic nitrogens is 4.